The molecule has 0 bridgehead atoms. The predicted molar refractivity (Wildman–Crippen MR) is 157 cm³/mol. The van der Waals surface area contributed by atoms with Gasteiger partial charge >= 0.3 is 6.03 Å². The van der Waals surface area contributed by atoms with E-state index in [-0.39, 0.29) is 25.2 Å². The molecule has 1 N–H and O–H groups in total. The lowest BCUT2D eigenvalue weighted by Gasteiger charge is -2.35. The molecule has 4 rings (SSSR count). The van der Waals surface area contributed by atoms with Gasteiger partial charge in [0.15, 0.2) is 0 Å². The number of aryl methyl sites for hydroxylation is 1. The molecule has 2 aromatic carbocycles. The first-order valence-corrected chi connectivity index (χ1v) is 15.7. The van der Waals surface area contributed by atoms with Gasteiger partial charge in [0, 0.05) is 36.2 Å². The maximum absolute atomic E-state index is 13.7. The molecule has 1 aliphatic heterocycles. The van der Waals surface area contributed by atoms with Gasteiger partial charge in [-0.1, -0.05) is 28.1 Å². The first kappa shape index (κ1) is 28.7. The number of benzene rings is 2. The van der Waals surface area contributed by atoms with Crippen LogP contribution >= 0.6 is 27.3 Å². The van der Waals surface area contributed by atoms with E-state index in [0.717, 1.165) is 53.4 Å². The minimum Gasteiger partial charge on any atom is -0.331 e. The Hall–Kier alpha value is -2.27. The van der Waals surface area contributed by atoms with E-state index in [1.54, 1.807) is 16.2 Å². The van der Waals surface area contributed by atoms with Gasteiger partial charge in [-0.2, -0.15) is 4.31 Å². The second kappa shape index (κ2) is 11.1. The number of urea groups is 1. The number of rotatable bonds is 5. The van der Waals surface area contributed by atoms with Crippen molar-refractivity contribution in [3.63, 3.8) is 0 Å². The quantitative estimate of drug-likeness (QED) is 0.369. The number of thiazole rings is 1. The number of nitrogens with zero attached hydrogens (tertiary/aromatic N) is 3. The topological polar surface area (TPSA) is 82.6 Å². The third-order valence-electron chi connectivity index (χ3n) is 7.71. The third-order valence-corrected chi connectivity index (χ3v) is 11.8. The van der Waals surface area contributed by atoms with Crippen LogP contribution in [0.2, 0.25) is 0 Å². The number of piperazine rings is 1. The van der Waals surface area contributed by atoms with Crippen LogP contribution in [0.25, 0.3) is 10.6 Å². The number of carbonyl (C=O) groups is 1. The van der Waals surface area contributed by atoms with Gasteiger partial charge in [0.25, 0.3) is 0 Å². The van der Waals surface area contributed by atoms with E-state index >= 15 is 0 Å². The van der Waals surface area contributed by atoms with Crippen molar-refractivity contribution in [3.8, 4) is 10.6 Å². The molecule has 7 nitrogen and oxygen atoms in total. The molecule has 0 aliphatic carbocycles. The van der Waals surface area contributed by atoms with E-state index in [1.807, 2.05) is 72.7 Å². The smallest absolute Gasteiger partial charge is 0.317 e. The molecule has 38 heavy (non-hydrogen) atoms. The molecule has 3 aromatic rings. The maximum atomic E-state index is 13.7. The van der Waals surface area contributed by atoms with Gasteiger partial charge in [0.1, 0.15) is 5.01 Å². The van der Waals surface area contributed by atoms with Crippen LogP contribution in [-0.4, -0.2) is 54.8 Å². The number of aromatic nitrogens is 1. The Labute approximate surface area is 238 Å². The summed E-state index contributed by atoms with van der Waals surface area (Å²) in [5.41, 5.74) is 6.71. The number of sulfonamides is 1. The van der Waals surface area contributed by atoms with Crippen molar-refractivity contribution >= 4 is 43.3 Å². The van der Waals surface area contributed by atoms with Crippen molar-refractivity contribution in [2.45, 2.75) is 59.4 Å². The molecule has 10 heteroatoms. The Bertz CT molecular complexity index is 1450. The Morgan fingerprint density at radius 1 is 0.921 bits per heavy atom. The van der Waals surface area contributed by atoms with Crippen molar-refractivity contribution in [2.24, 2.45) is 0 Å². The summed E-state index contributed by atoms with van der Waals surface area (Å²) in [6, 6.07) is 7.61. The van der Waals surface area contributed by atoms with Crippen molar-refractivity contribution in [1.29, 1.82) is 0 Å². The van der Waals surface area contributed by atoms with Gasteiger partial charge in [0.2, 0.25) is 10.0 Å². The van der Waals surface area contributed by atoms with Gasteiger partial charge < -0.3 is 10.2 Å². The largest absolute Gasteiger partial charge is 0.331 e. The molecule has 204 valence electrons. The summed E-state index contributed by atoms with van der Waals surface area (Å²) >= 11 is 5.04. The normalized spacial score (nSPS) is 15.5. The van der Waals surface area contributed by atoms with Crippen LogP contribution in [-0.2, 0) is 10.0 Å². The average Bonchev–Trinajstić information content (AvgIpc) is 3.28. The van der Waals surface area contributed by atoms with Gasteiger partial charge in [0.05, 0.1) is 21.5 Å². The summed E-state index contributed by atoms with van der Waals surface area (Å²) in [5.74, 6) is 0. The first-order valence-electron chi connectivity index (χ1n) is 12.7. The molecule has 2 amide bonds. The number of amides is 2. The van der Waals surface area contributed by atoms with Crippen LogP contribution in [0.15, 0.2) is 33.6 Å². The SMILES string of the molecule is Cc1nc(-c2ccc(Br)cc2)sc1C(C)NC(=O)N1CCN(S(=O)(=O)c2c(C)c(C)c(C)c(C)c2C)CC1. The van der Waals surface area contributed by atoms with Crippen molar-refractivity contribution < 1.29 is 13.2 Å². The van der Waals surface area contributed by atoms with E-state index in [4.69, 9.17) is 4.98 Å². The van der Waals surface area contributed by atoms with E-state index in [0.29, 0.717) is 18.0 Å². The van der Waals surface area contributed by atoms with E-state index in [9.17, 15) is 13.2 Å². The fourth-order valence-corrected chi connectivity index (χ4v) is 8.30. The van der Waals surface area contributed by atoms with Crippen molar-refractivity contribution in [3.05, 3.63) is 67.1 Å². The lowest BCUT2D eigenvalue weighted by molar-refractivity contribution is 0.169. The van der Waals surface area contributed by atoms with Crippen LogP contribution in [0.4, 0.5) is 4.79 Å². The van der Waals surface area contributed by atoms with E-state index in [2.05, 4.69) is 21.2 Å². The Morgan fingerprint density at radius 3 is 2.00 bits per heavy atom. The molecule has 1 aliphatic rings. The molecule has 1 unspecified atom stereocenters. The number of hydrogen-bond donors (Lipinski definition) is 1. The zero-order valence-electron chi connectivity index (χ0n) is 23.0. The number of carbonyl (C=O) groups excluding carboxylic acids is 1. The predicted octanol–water partition coefficient (Wildman–Crippen LogP) is 6.20. The molecule has 0 radical (unpaired) electrons. The number of nitrogens with one attached hydrogen (secondary N) is 1. The second-order valence-electron chi connectivity index (χ2n) is 9.99. The van der Waals surface area contributed by atoms with Crippen LogP contribution in [0, 0.1) is 41.5 Å². The number of halogens is 1. The van der Waals surface area contributed by atoms with Crippen LogP contribution in [0.3, 0.4) is 0 Å². The fourth-order valence-electron chi connectivity index (χ4n) is 4.98. The molecule has 0 spiro atoms. The molecule has 1 saturated heterocycles. The zero-order chi connectivity index (χ0) is 27.9. The molecular formula is C28H35BrN4O3S2. The zero-order valence-corrected chi connectivity index (χ0v) is 26.2. The van der Waals surface area contributed by atoms with Crippen LogP contribution < -0.4 is 5.32 Å². The molecule has 1 aromatic heterocycles. The van der Waals surface area contributed by atoms with Crippen LogP contribution in [0.5, 0.6) is 0 Å². The summed E-state index contributed by atoms with van der Waals surface area (Å²) in [6.07, 6.45) is 0. The van der Waals surface area contributed by atoms with Gasteiger partial charge in [-0.3, -0.25) is 0 Å². The lowest BCUT2D eigenvalue weighted by atomic mass is 9.95. The fraction of sp³-hybridized carbons (Fsp3) is 0.429. The Balaban J connectivity index is 1.43. The minimum atomic E-state index is -3.67. The second-order valence-corrected chi connectivity index (χ2v) is 13.8. The van der Waals surface area contributed by atoms with Gasteiger partial charge in [-0.15, -0.1) is 11.3 Å². The summed E-state index contributed by atoms with van der Waals surface area (Å²) in [4.78, 5) is 20.9. The van der Waals surface area contributed by atoms with Crippen molar-refractivity contribution in [1.82, 2.24) is 19.5 Å². The first-order chi connectivity index (χ1) is 17.8. The Kier molecular flexibility index (Phi) is 8.37. The molecule has 1 fully saturated rings. The lowest BCUT2D eigenvalue weighted by Crippen LogP contribution is -2.53. The average molecular weight is 620 g/mol. The van der Waals surface area contributed by atoms with Gasteiger partial charge in [-0.25, -0.2) is 18.2 Å². The van der Waals surface area contributed by atoms with Crippen LogP contribution in [0.1, 0.15) is 51.4 Å². The summed E-state index contributed by atoms with van der Waals surface area (Å²) in [7, 11) is -3.67. The Morgan fingerprint density at radius 2 is 1.45 bits per heavy atom. The summed E-state index contributed by atoms with van der Waals surface area (Å²) in [6.45, 7) is 14.9. The summed E-state index contributed by atoms with van der Waals surface area (Å²) < 4.78 is 29.8. The molecule has 2 heterocycles. The van der Waals surface area contributed by atoms with Crippen molar-refractivity contribution in [2.75, 3.05) is 26.2 Å². The maximum Gasteiger partial charge on any atom is 0.317 e. The number of hydrogen-bond acceptors (Lipinski definition) is 5. The highest BCUT2D eigenvalue weighted by atomic mass is 79.9. The third kappa shape index (κ3) is 5.41. The standard InChI is InChI=1S/C28H35BrN4O3S2/c1-16-17(2)19(4)26(20(5)18(16)3)38(35,36)33-14-12-32(13-15-33)28(34)31-22(7)25-21(6)30-27(37-25)23-8-10-24(29)11-9-23/h8-11,22H,12-15H2,1-7H3,(H,31,34). The van der Waals surface area contributed by atoms with E-state index < -0.39 is 10.0 Å². The molecule has 1 atom stereocenters. The minimum absolute atomic E-state index is 0.193. The monoisotopic (exact) mass is 618 g/mol. The highest BCUT2D eigenvalue weighted by Gasteiger charge is 2.33. The highest BCUT2D eigenvalue weighted by molar-refractivity contribution is 9.10. The highest BCUT2D eigenvalue weighted by Crippen LogP contribution is 2.33. The van der Waals surface area contributed by atoms with E-state index in [1.165, 1.54) is 4.31 Å². The van der Waals surface area contributed by atoms with Gasteiger partial charge in [-0.05, 0) is 88.4 Å². The summed E-state index contributed by atoms with van der Waals surface area (Å²) in [5, 5.41) is 4.00. The molecular weight excluding hydrogens is 584 g/mol. The molecule has 0 saturated carbocycles.